The van der Waals surface area contributed by atoms with Gasteiger partial charge in [-0.05, 0) is 41.6 Å². The van der Waals surface area contributed by atoms with E-state index in [2.05, 4.69) is 0 Å². The Labute approximate surface area is 190 Å². The molecule has 8 nitrogen and oxygen atoms in total. The normalized spacial score (nSPS) is 16.0. The second-order valence-electron chi connectivity index (χ2n) is 7.63. The number of benzene rings is 3. The van der Waals surface area contributed by atoms with E-state index in [1.54, 1.807) is 21.3 Å². The van der Waals surface area contributed by atoms with Crippen molar-refractivity contribution in [2.24, 2.45) is 0 Å². The Morgan fingerprint density at radius 3 is 2.33 bits per heavy atom. The van der Waals surface area contributed by atoms with Gasteiger partial charge in [-0.25, -0.2) is 4.79 Å². The molecule has 0 saturated heterocycles. The van der Waals surface area contributed by atoms with Gasteiger partial charge >= 0.3 is 5.97 Å². The van der Waals surface area contributed by atoms with E-state index in [0.717, 1.165) is 22.8 Å². The van der Waals surface area contributed by atoms with Gasteiger partial charge in [0.05, 0.1) is 39.1 Å². The number of hydrogen-bond acceptors (Lipinski definition) is 8. The number of ether oxygens (including phenoxy) is 7. The van der Waals surface area contributed by atoms with Crippen molar-refractivity contribution in [3.05, 3.63) is 41.5 Å². The fourth-order valence-corrected chi connectivity index (χ4v) is 4.37. The second-order valence-corrected chi connectivity index (χ2v) is 7.63. The fraction of sp³-hybridized carbons (Fsp3) is 0.320. The summed E-state index contributed by atoms with van der Waals surface area (Å²) in [5.41, 5.74) is 2.39. The Morgan fingerprint density at radius 1 is 0.909 bits per heavy atom. The van der Waals surface area contributed by atoms with Crippen LogP contribution in [0.3, 0.4) is 0 Å². The molecule has 0 saturated carbocycles. The summed E-state index contributed by atoms with van der Waals surface area (Å²) in [6, 6.07) is 9.24. The smallest absolute Gasteiger partial charge is 0.342 e. The van der Waals surface area contributed by atoms with E-state index in [9.17, 15) is 4.79 Å². The topological polar surface area (TPSA) is 81.7 Å². The molecule has 2 aliphatic rings. The maximum atomic E-state index is 13.2. The highest BCUT2D eigenvalue weighted by Gasteiger charge is 2.40. The molecule has 0 aromatic heterocycles. The molecule has 1 atom stereocenters. The van der Waals surface area contributed by atoms with Crippen LogP contribution >= 0.6 is 0 Å². The minimum absolute atomic E-state index is 0.153. The Bertz CT molecular complexity index is 1250. The van der Waals surface area contributed by atoms with Gasteiger partial charge in [-0.2, -0.15) is 0 Å². The lowest BCUT2D eigenvalue weighted by Crippen LogP contribution is -2.06. The van der Waals surface area contributed by atoms with Gasteiger partial charge in [-0.1, -0.05) is 13.0 Å². The quantitative estimate of drug-likeness (QED) is 0.470. The molecule has 0 amide bonds. The van der Waals surface area contributed by atoms with Crippen molar-refractivity contribution in [3.8, 4) is 39.9 Å². The van der Waals surface area contributed by atoms with Crippen LogP contribution in [0.15, 0.2) is 30.3 Å². The highest BCUT2D eigenvalue weighted by molar-refractivity contribution is 6.14. The molecule has 0 N–H and O–H groups in total. The van der Waals surface area contributed by atoms with Gasteiger partial charge in [-0.3, -0.25) is 0 Å². The predicted octanol–water partition coefficient (Wildman–Crippen LogP) is 4.86. The molecule has 0 aliphatic carbocycles. The van der Waals surface area contributed by atoms with E-state index in [1.165, 1.54) is 0 Å². The summed E-state index contributed by atoms with van der Waals surface area (Å²) in [6.45, 7) is 2.58. The first-order valence-electron chi connectivity index (χ1n) is 10.6. The average molecular weight is 452 g/mol. The van der Waals surface area contributed by atoms with Crippen molar-refractivity contribution in [3.63, 3.8) is 0 Å². The molecule has 3 aromatic carbocycles. The van der Waals surface area contributed by atoms with Gasteiger partial charge in [0.1, 0.15) is 5.75 Å². The fourth-order valence-electron chi connectivity index (χ4n) is 4.37. The van der Waals surface area contributed by atoms with Crippen molar-refractivity contribution in [2.75, 3.05) is 34.7 Å². The highest BCUT2D eigenvalue weighted by atomic mass is 16.7. The molecule has 172 valence electrons. The molecular weight excluding hydrogens is 428 g/mol. The van der Waals surface area contributed by atoms with E-state index in [-0.39, 0.29) is 6.79 Å². The summed E-state index contributed by atoms with van der Waals surface area (Å²) in [5.74, 6) is 2.34. The average Bonchev–Trinajstić information content (AvgIpc) is 3.44. The maximum Gasteiger partial charge on any atom is 0.342 e. The molecule has 5 rings (SSSR count). The number of methoxy groups -OCH3 is 3. The summed E-state index contributed by atoms with van der Waals surface area (Å²) >= 11 is 0. The Morgan fingerprint density at radius 2 is 1.64 bits per heavy atom. The first-order valence-corrected chi connectivity index (χ1v) is 10.6. The van der Waals surface area contributed by atoms with Crippen molar-refractivity contribution in [1.82, 2.24) is 0 Å². The number of carbonyl (C=O) groups is 1. The first kappa shape index (κ1) is 21.2. The van der Waals surface area contributed by atoms with Gasteiger partial charge in [-0.15, -0.1) is 0 Å². The standard InChI is InChI=1S/C25H24O8/c1-5-8-30-25-22-21(24(26)33-25)20(13-6-7-16-19(9-13)32-12-31-16)14-10-17(27-2)18(28-3)11-15(14)23(22)29-4/h6-7,9-11,25H,5,8,12H2,1-4H3. The van der Waals surface area contributed by atoms with Crippen molar-refractivity contribution < 1.29 is 38.0 Å². The van der Waals surface area contributed by atoms with Crippen LogP contribution in [0.1, 0.15) is 35.6 Å². The van der Waals surface area contributed by atoms with E-state index in [1.807, 2.05) is 37.3 Å². The lowest BCUT2D eigenvalue weighted by Gasteiger charge is -2.20. The lowest BCUT2D eigenvalue weighted by molar-refractivity contribution is -0.104. The van der Waals surface area contributed by atoms with Gasteiger partial charge in [0, 0.05) is 10.9 Å². The first-order chi connectivity index (χ1) is 16.1. The third kappa shape index (κ3) is 3.29. The molecule has 1 unspecified atom stereocenters. The minimum atomic E-state index is -0.868. The van der Waals surface area contributed by atoms with Gasteiger partial charge in [0.2, 0.25) is 13.1 Å². The van der Waals surface area contributed by atoms with Crippen LogP contribution in [0.4, 0.5) is 0 Å². The highest BCUT2D eigenvalue weighted by Crippen LogP contribution is 2.51. The van der Waals surface area contributed by atoms with Crippen LogP contribution in [0.25, 0.3) is 21.9 Å². The lowest BCUT2D eigenvalue weighted by atomic mass is 9.89. The Hall–Kier alpha value is -3.65. The molecule has 2 heterocycles. The van der Waals surface area contributed by atoms with E-state index >= 15 is 0 Å². The van der Waals surface area contributed by atoms with Crippen molar-refractivity contribution in [2.45, 2.75) is 19.6 Å². The van der Waals surface area contributed by atoms with Crippen molar-refractivity contribution in [1.29, 1.82) is 0 Å². The summed E-state index contributed by atoms with van der Waals surface area (Å²) in [6.07, 6.45) is -0.0908. The monoisotopic (exact) mass is 452 g/mol. The Balaban J connectivity index is 1.88. The number of cyclic esters (lactones) is 1. The number of hydrogen-bond donors (Lipinski definition) is 0. The van der Waals surface area contributed by atoms with Crippen LogP contribution in [0, 0.1) is 0 Å². The van der Waals surface area contributed by atoms with Gasteiger partial charge < -0.3 is 33.2 Å². The minimum Gasteiger partial charge on any atom is -0.496 e. The molecule has 0 spiro atoms. The molecule has 8 heteroatoms. The van der Waals surface area contributed by atoms with E-state index in [4.69, 9.17) is 33.2 Å². The van der Waals surface area contributed by atoms with Crippen LogP contribution in [0.5, 0.6) is 28.7 Å². The van der Waals surface area contributed by atoms with Gasteiger partial charge in [0.15, 0.2) is 23.0 Å². The number of fused-ring (bicyclic) bond motifs is 3. The molecule has 0 fully saturated rings. The van der Waals surface area contributed by atoms with Gasteiger partial charge in [0.25, 0.3) is 0 Å². The summed E-state index contributed by atoms with van der Waals surface area (Å²) in [7, 11) is 4.70. The maximum absolute atomic E-state index is 13.2. The molecule has 3 aromatic rings. The van der Waals surface area contributed by atoms with Crippen LogP contribution in [0.2, 0.25) is 0 Å². The summed E-state index contributed by atoms with van der Waals surface area (Å²) in [4.78, 5) is 13.2. The summed E-state index contributed by atoms with van der Waals surface area (Å²) in [5, 5.41) is 1.49. The third-order valence-electron chi connectivity index (χ3n) is 5.79. The zero-order chi connectivity index (χ0) is 23.1. The second kappa shape index (κ2) is 8.37. The summed E-state index contributed by atoms with van der Waals surface area (Å²) < 4.78 is 39.5. The third-order valence-corrected chi connectivity index (χ3v) is 5.79. The predicted molar refractivity (Wildman–Crippen MR) is 120 cm³/mol. The number of esters is 1. The SMILES string of the molecule is CCCOC1OC(=O)c2c1c(OC)c1cc(OC)c(OC)cc1c2-c1ccc2c(c1)OCO2. The van der Waals surface area contributed by atoms with Crippen molar-refractivity contribution >= 4 is 16.7 Å². The molecular formula is C25H24O8. The van der Waals surface area contributed by atoms with Crippen LogP contribution in [-0.4, -0.2) is 40.7 Å². The zero-order valence-electron chi connectivity index (χ0n) is 18.9. The van der Waals surface area contributed by atoms with Crippen LogP contribution in [-0.2, 0) is 9.47 Å². The van der Waals surface area contributed by atoms with Crippen LogP contribution < -0.4 is 23.7 Å². The molecule has 0 bridgehead atoms. The Kier molecular flexibility index (Phi) is 5.38. The zero-order valence-corrected chi connectivity index (χ0v) is 18.9. The largest absolute Gasteiger partial charge is 0.496 e. The van der Waals surface area contributed by atoms with E-state index < -0.39 is 12.3 Å². The molecule has 0 radical (unpaired) electrons. The molecule has 33 heavy (non-hydrogen) atoms. The number of carbonyl (C=O) groups excluding carboxylic acids is 1. The number of rotatable bonds is 7. The van der Waals surface area contributed by atoms with E-state index in [0.29, 0.717) is 52.0 Å². The molecule has 2 aliphatic heterocycles.